The van der Waals surface area contributed by atoms with Crippen LogP contribution in [-0.2, 0) is 6.54 Å². The zero-order valence-electron chi connectivity index (χ0n) is 25.2. The highest BCUT2D eigenvalue weighted by atomic mass is 16.5. The van der Waals surface area contributed by atoms with Crippen LogP contribution in [0.5, 0.6) is 5.75 Å². The van der Waals surface area contributed by atoms with E-state index in [-0.39, 0.29) is 13.3 Å². The molecule has 1 aromatic carbocycles. The highest BCUT2D eigenvalue weighted by molar-refractivity contribution is 5.95. The number of rotatable bonds is 14. The number of methoxy groups -OCH3 is 1. The van der Waals surface area contributed by atoms with Crippen LogP contribution in [-0.4, -0.2) is 70.1 Å². The van der Waals surface area contributed by atoms with Gasteiger partial charge in [0.1, 0.15) is 17.0 Å². The van der Waals surface area contributed by atoms with Gasteiger partial charge >= 0.3 is 0 Å². The maximum Gasteiger partial charge on any atom is 0.272 e. The monoisotopic (exact) mass is 564 g/mol. The number of ether oxygens (including phenoxy) is 1. The van der Waals surface area contributed by atoms with E-state index in [4.69, 9.17) is 9.72 Å². The van der Waals surface area contributed by atoms with Gasteiger partial charge in [0.15, 0.2) is 0 Å². The molecule has 0 unspecified atom stereocenters. The van der Waals surface area contributed by atoms with Gasteiger partial charge in [-0.3, -0.25) is 4.79 Å². The fourth-order valence-corrected chi connectivity index (χ4v) is 5.21. The van der Waals surface area contributed by atoms with Crippen LogP contribution in [0.15, 0.2) is 36.5 Å². The molecule has 226 valence electrons. The number of anilines is 2. The van der Waals surface area contributed by atoms with Crippen molar-refractivity contribution in [2.24, 2.45) is 11.8 Å². The quantitative estimate of drug-likeness (QED) is 0.223. The molecule has 1 fully saturated rings. The number of pyridine rings is 1. The third-order valence-corrected chi connectivity index (χ3v) is 7.74. The normalized spacial score (nSPS) is 13.9. The Morgan fingerprint density at radius 1 is 1.00 bits per heavy atom. The summed E-state index contributed by atoms with van der Waals surface area (Å²) in [5, 5.41) is 3.50. The van der Waals surface area contributed by atoms with E-state index >= 15 is 0 Å². The Labute approximate surface area is 247 Å². The van der Waals surface area contributed by atoms with Crippen molar-refractivity contribution >= 4 is 28.6 Å². The summed E-state index contributed by atoms with van der Waals surface area (Å²) in [5.74, 6) is 2.67. The van der Waals surface area contributed by atoms with E-state index in [1.807, 2.05) is 35.2 Å². The number of piperidine rings is 1. The second-order valence-corrected chi connectivity index (χ2v) is 11.9. The molecular weight excluding hydrogens is 512 g/mol. The van der Waals surface area contributed by atoms with Crippen LogP contribution < -0.4 is 10.1 Å². The Balaban J connectivity index is 0.00000462. The Kier molecular flexibility index (Phi) is 12.4. The molecule has 8 heteroatoms. The zero-order valence-corrected chi connectivity index (χ0v) is 25.2. The summed E-state index contributed by atoms with van der Waals surface area (Å²) >= 11 is 0. The van der Waals surface area contributed by atoms with Gasteiger partial charge in [0.2, 0.25) is 5.95 Å². The minimum Gasteiger partial charge on any atom is -0.497 e. The van der Waals surface area contributed by atoms with E-state index < -0.39 is 0 Å². The van der Waals surface area contributed by atoms with Crippen molar-refractivity contribution < 1.29 is 9.53 Å². The van der Waals surface area contributed by atoms with E-state index in [2.05, 4.69) is 47.5 Å². The molecule has 1 amide bonds. The number of hydrogen-bond acceptors (Lipinski definition) is 6. The summed E-state index contributed by atoms with van der Waals surface area (Å²) in [7, 11) is 1.67. The number of aryl methyl sites for hydroxylation is 1. The molecule has 8 nitrogen and oxygen atoms in total. The van der Waals surface area contributed by atoms with Crippen LogP contribution in [0.4, 0.5) is 11.6 Å². The Morgan fingerprint density at radius 3 is 2.27 bits per heavy atom. The Hall–Kier alpha value is -3.13. The predicted octanol–water partition coefficient (Wildman–Crippen LogP) is 7.23. The summed E-state index contributed by atoms with van der Waals surface area (Å²) in [6.07, 6.45) is 8.66. The number of nitrogens with one attached hydrogen (secondary N) is 1. The molecule has 1 aliphatic rings. The molecule has 3 heterocycles. The van der Waals surface area contributed by atoms with Crippen molar-refractivity contribution in [1.82, 2.24) is 24.3 Å². The SMILES string of the molecule is C.COc1ccc(Nc2nc3cnc(C(=O)N(CCC(C)C)CCC(C)C)cc3n2CCCN2CCCCC2)cc1. The third kappa shape index (κ3) is 9.18. The lowest BCUT2D eigenvalue weighted by atomic mass is 10.1. The van der Waals surface area contributed by atoms with Crippen LogP contribution in [0.3, 0.4) is 0 Å². The number of benzene rings is 1. The van der Waals surface area contributed by atoms with Crippen LogP contribution in [0.2, 0.25) is 0 Å². The average molecular weight is 565 g/mol. The predicted molar refractivity (Wildman–Crippen MR) is 170 cm³/mol. The topological polar surface area (TPSA) is 75.5 Å². The van der Waals surface area contributed by atoms with Crippen LogP contribution in [0.1, 0.15) is 84.1 Å². The number of nitrogens with zero attached hydrogens (tertiary/aromatic N) is 5. The molecule has 2 aromatic heterocycles. The third-order valence-electron chi connectivity index (χ3n) is 7.74. The first kappa shape index (κ1) is 32.4. The fraction of sp³-hybridized carbons (Fsp3) is 0.606. The second-order valence-electron chi connectivity index (χ2n) is 11.9. The lowest BCUT2D eigenvalue weighted by molar-refractivity contribution is 0.0735. The van der Waals surface area contributed by atoms with Crippen molar-refractivity contribution in [3.63, 3.8) is 0 Å². The Bertz CT molecular complexity index is 1200. The van der Waals surface area contributed by atoms with E-state index in [1.165, 1.54) is 32.4 Å². The standard InChI is InChI=1S/C32H48N6O2.CH4/c1-24(2)14-20-37(21-15-25(3)4)31(39)28-22-30-29(23-33-28)35-32(34-26-10-12-27(40-5)13-11-26)38(30)19-9-18-36-16-7-6-8-17-36;/h10-13,22-25H,6-9,14-21H2,1-5H3,(H,34,35);1H4. The first-order valence-electron chi connectivity index (χ1n) is 15.1. The molecule has 3 aromatic rings. The fourth-order valence-electron chi connectivity index (χ4n) is 5.21. The summed E-state index contributed by atoms with van der Waals surface area (Å²) in [6, 6.07) is 9.80. The van der Waals surface area contributed by atoms with Gasteiger partial charge in [-0.1, -0.05) is 41.5 Å². The lowest BCUT2D eigenvalue weighted by Crippen LogP contribution is -2.34. The number of amides is 1. The molecule has 41 heavy (non-hydrogen) atoms. The smallest absolute Gasteiger partial charge is 0.272 e. The summed E-state index contributed by atoms with van der Waals surface area (Å²) in [6.45, 7) is 14.6. The van der Waals surface area contributed by atoms with Gasteiger partial charge in [-0.15, -0.1) is 0 Å². The first-order chi connectivity index (χ1) is 19.3. The van der Waals surface area contributed by atoms with Crippen LogP contribution >= 0.6 is 0 Å². The second kappa shape index (κ2) is 15.8. The highest BCUT2D eigenvalue weighted by Gasteiger charge is 2.21. The minimum absolute atomic E-state index is 0. The maximum atomic E-state index is 13.7. The summed E-state index contributed by atoms with van der Waals surface area (Å²) < 4.78 is 7.54. The van der Waals surface area contributed by atoms with E-state index in [1.54, 1.807) is 13.3 Å². The molecule has 0 saturated carbocycles. The molecule has 1 saturated heterocycles. The number of carbonyl (C=O) groups is 1. The first-order valence-corrected chi connectivity index (χ1v) is 15.1. The number of carbonyl (C=O) groups excluding carboxylic acids is 1. The van der Waals surface area contributed by atoms with Crippen LogP contribution in [0, 0.1) is 11.8 Å². The number of aromatic nitrogens is 3. The highest BCUT2D eigenvalue weighted by Crippen LogP contribution is 2.26. The zero-order chi connectivity index (χ0) is 28.5. The van der Waals surface area contributed by atoms with Crippen molar-refractivity contribution in [3.05, 3.63) is 42.2 Å². The average Bonchev–Trinajstić information content (AvgIpc) is 3.29. The van der Waals surface area contributed by atoms with E-state index in [0.717, 1.165) is 73.9 Å². The number of fused-ring (bicyclic) bond motifs is 1. The summed E-state index contributed by atoms with van der Waals surface area (Å²) in [4.78, 5) is 27.8. The van der Waals surface area contributed by atoms with Crippen molar-refractivity contribution in [2.45, 2.75) is 80.2 Å². The van der Waals surface area contributed by atoms with Crippen LogP contribution in [0.25, 0.3) is 11.0 Å². The van der Waals surface area contributed by atoms with Gasteiger partial charge in [0, 0.05) is 25.3 Å². The van der Waals surface area contributed by atoms with Crippen molar-refractivity contribution in [1.29, 1.82) is 0 Å². The van der Waals surface area contributed by atoms with Crippen molar-refractivity contribution in [3.8, 4) is 5.75 Å². The van der Waals surface area contributed by atoms with Gasteiger partial charge in [0.25, 0.3) is 5.91 Å². The van der Waals surface area contributed by atoms with Gasteiger partial charge in [-0.2, -0.15) is 0 Å². The molecule has 4 rings (SSSR count). The van der Waals surface area contributed by atoms with E-state index in [0.29, 0.717) is 17.5 Å². The maximum absolute atomic E-state index is 13.7. The van der Waals surface area contributed by atoms with Gasteiger partial charge in [-0.25, -0.2) is 9.97 Å². The molecular formula is C33H52N6O2. The molecule has 1 N–H and O–H groups in total. The largest absolute Gasteiger partial charge is 0.497 e. The molecule has 0 spiro atoms. The van der Waals surface area contributed by atoms with Gasteiger partial charge < -0.3 is 24.4 Å². The lowest BCUT2D eigenvalue weighted by Gasteiger charge is -2.26. The van der Waals surface area contributed by atoms with Gasteiger partial charge in [-0.05, 0) is 93.9 Å². The number of imidazole rings is 1. The number of hydrogen-bond donors (Lipinski definition) is 1. The van der Waals surface area contributed by atoms with E-state index in [9.17, 15) is 4.79 Å². The summed E-state index contributed by atoms with van der Waals surface area (Å²) in [5.41, 5.74) is 3.17. The van der Waals surface area contributed by atoms with Gasteiger partial charge in [0.05, 0.1) is 18.8 Å². The molecule has 1 aliphatic heterocycles. The molecule has 0 atom stereocenters. The molecule has 0 aliphatic carbocycles. The molecule has 0 radical (unpaired) electrons. The van der Waals surface area contributed by atoms with Crippen molar-refractivity contribution in [2.75, 3.05) is 45.2 Å². The molecule has 0 bridgehead atoms. The Morgan fingerprint density at radius 2 is 1.66 bits per heavy atom. The minimum atomic E-state index is 0. The number of likely N-dealkylation sites (tertiary alicyclic amines) is 1.